The van der Waals surface area contributed by atoms with Gasteiger partial charge in [0.1, 0.15) is 6.10 Å². The molecule has 0 N–H and O–H groups in total. The second-order valence-electron chi connectivity index (χ2n) is 7.94. The van der Waals surface area contributed by atoms with Gasteiger partial charge < -0.3 is 9.64 Å². The van der Waals surface area contributed by atoms with Crippen LogP contribution in [0.25, 0.3) is 16.5 Å². The van der Waals surface area contributed by atoms with E-state index in [1.54, 1.807) is 18.6 Å². The molecule has 0 spiro atoms. The molecule has 2 aromatic heterocycles. The van der Waals surface area contributed by atoms with E-state index in [0.717, 1.165) is 28.1 Å². The number of pyridine rings is 1. The van der Waals surface area contributed by atoms with Crippen molar-refractivity contribution in [3.8, 4) is 11.6 Å². The van der Waals surface area contributed by atoms with Gasteiger partial charge in [0, 0.05) is 22.1 Å². The number of rotatable bonds is 4. The van der Waals surface area contributed by atoms with Gasteiger partial charge >= 0.3 is 0 Å². The minimum absolute atomic E-state index is 0.0488. The summed E-state index contributed by atoms with van der Waals surface area (Å²) in [4.78, 5) is 21.4. The van der Waals surface area contributed by atoms with Gasteiger partial charge in [-0.3, -0.25) is 4.79 Å². The summed E-state index contributed by atoms with van der Waals surface area (Å²) in [5.74, 6) is 0.546. The summed E-state index contributed by atoms with van der Waals surface area (Å²) < 4.78 is 7.31. The van der Waals surface area contributed by atoms with Crippen LogP contribution in [-0.4, -0.2) is 49.5 Å². The van der Waals surface area contributed by atoms with Crippen LogP contribution in [0.1, 0.15) is 30.1 Å². The van der Waals surface area contributed by atoms with E-state index in [1.165, 1.54) is 4.80 Å². The van der Waals surface area contributed by atoms with E-state index in [4.69, 9.17) is 4.74 Å². The lowest BCUT2D eigenvalue weighted by Gasteiger charge is -2.38. The number of aromatic nitrogens is 4. The predicted molar refractivity (Wildman–Crippen MR) is 125 cm³/mol. The second-order valence-corrected chi connectivity index (χ2v) is 8.86. The molecule has 1 amide bonds. The molecule has 0 unspecified atom stereocenters. The van der Waals surface area contributed by atoms with Gasteiger partial charge in [0.2, 0.25) is 5.88 Å². The van der Waals surface area contributed by atoms with Gasteiger partial charge in [0.25, 0.3) is 5.91 Å². The van der Waals surface area contributed by atoms with Crippen molar-refractivity contribution >= 4 is 32.6 Å². The van der Waals surface area contributed by atoms with Crippen molar-refractivity contribution in [2.24, 2.45) is 0 Å². The quantitative estimate of drug-likeness (QED) is 0.415. The molecule has 1 saturated heterocycles. The lowest BCUT2D eigenvalue weighted by atomic mass is 9.99. The highest BCUT2D eigenvalue weighted by Crippen LogP contribution is 2.30. The van der Waals surface area contributed by atoms with Gasteiger partial charge in [-0.05, 0) is 55.5 Å². The Morgan fingerprint density at radius 2 is 1.88 bits per heavy atom. The van der Waals surface area contributed by atoms with Crippen molar-refractivity contribution < 1.29 is 9.53 Å². The maximum absolute atomic E-state index is 13.6. The number of nitrogens with zero attached hydrogens (tertiary/aromatic N) is 5. The molecule has 0 bridgehead atoms. The van der Waals surface area contributed by atoms with Crippen LogP contribution in [0.2, 0.25) is 0 Å². The number of fused-ring (bicyclic) bond motifs is 1. The summed E-state index contributed by atoms with van der Waals surface area (Å²) in [6, 6.07) is 15.5. The Morgan fingerprint density at radius 1 is 1.06 bits per heavy atom. The van der Waals surface area contributed by atoms with E-state index in [0.29, 0.717) is 23.7 Å². The first kappa shape index (κ1) is 20.6. The molecule has 0 saturated carbocycles. The second kappa shape index (κ2) is 8.70. The number of carbonyl (C=O) groups is 1. The maximum atomic E-state index is 13.6. The Bertz CT molecular complexity index is 1260. The van der Waals surface area contributed by atoms with Crippen LogP contribution in [-0.2, 0) is 0 Å². The number of carbonyl (C=O) groups excluding carboxylic acids is 1. The standard InChI is InChI=1S/C24H22BrN5O2/c1-16-6-9-19(32-23-21-14-18(25)8-7-17(21)10-11-26-23)15-29(16)24(31)20-4-2-3-5-22(20)30-27-12-13-28-30/h2-5,7-8,10-14,16,19H,6,9,15H2,1H3/t16-,19-/m0/s1. The van der Waals surface area contributed by atoms with Gasteiger partial charge in [0.05, 0.1) is 30.2 Å². The van der Waals surface area contributed by atoms with Crippen molar-refractivity contribution in [3.63, 3.8) is 0 Å². The van der Waals surface area contributed by atoms with Crippen LogP contribution in [0.4, 0.5) is 0 Å². The third kappa shape index (κ3) is 3.98. The van der Waals surface area contributed by atoms with E-state index in [-0.39, 0.29) is 18.1 Å². The average molecular weight is 492 g/mol. The highest BCUT2D eigenvalue weighted by Gasteiger charge is 2.32. The van der Waals surface area contributed by atoms with Crippen molar-refractivity contribution in [1.82, 2.24) is 24.9 Å². The predicted octanol–water partition coefficient (Wildman–Crippen LogP) is 4.65. The fourth-order valence-corrected chi connectivity index (χ4v) is 4.50. The van der Waals surface area contributed by atoms with Crippen LogP contribution in [0.15, 0.2) is 71.6 Å². The van der Waals surface area contributed by atoms with E-state index < -0.39 is 0 Å². The zero-order chi connectivity index (χ0) is 22.1. The lowest BCUT2D eigenvalue weighted by molar-refractivity contribution is 0.0377. The number of benzene rings is 2. The highest BCUT2D eigenvalue weighted by molar-refractivity contribution is 9.10. The summed E-state index contributed by atoms with van der Waals surface area (Å²) in [5.41, 5.74) is 1.24. The fourth-order valence-electron chi connectivity index (χ4n) is 4.14. The van der Waals surface area contributed by atoms with Gasteiger partial charge in [-0.1, -0.05) is 34.1 Å². The molecule has 1 fully saturated rings. The van der Waals surface area contributed by atoms with Crippen LogP contribution >= 0.6 is 15.9 Å². The van der Waals surface area contributed by atoms with Crippen molar-refractivity contribution in [2.75, 3.05) is 6.54 Å². The molecule has 32 heavy (non-hydrogen) atoms. The first-order chi connectivity index (χ1) is 15.6. The van der Waals surface area contributed by atoms with Gasteiger partial charge in [-0.15, -0.1) is 0 Å². The Hall–Kier alpha value is -3.26. The minimum Gasteiger partial charge on any atom is -0.472 e. The van der Waals surface area contributed by atoms with Crippen LogP contribution < -0.4 is 4.74 Å². The molecule has 1 aliphatic heterocycles. The van der Waals surface area contributed by atoms with E-state index in [2.05, 4.69) is 38.0 Å². The normalized spacial score (nSPS) is 18.6. The molecule has 162 valence electrons. The van der Waals surface area contributed by atoms with Crippen LogP contribution in [0.5, 0.6) is 5.88 Å². The highest BCUT2D eigenvalue weighted by atomic mass is 79.9. The molecule has 5 rings (SSSR count). The smallest absolute Gasteiger partial charge is 0.256 e. The largest absolute Gasteiger partial charge is 0.472 e. The number of ether oxygens (including phenoxy) is 1. The maximum Gasteiger partial charge on any atom is 0.256 e. The summed E-state index contributed by atoms with van der Waals surface area (Å²) in [7, 11) is 0. The summed E-state index contributed by atoms with van der Waals surface area (Å²) in [5, 5.41) is 10.4. The fraction of sp³-hybridized carbons (Fsp3) is 0.250. The molecule has 0 aliphatic carbocycles. The number of para-hydroxylation sites is 1. The molecule has 8 heteroatoms. The molecule has 2 aromatic carbocycles. The molecular weight excluding hydrogens is 470 g/mol. The molecule has 0 radical (unpaired) electrons. The SMILES string of the molecule is C[C@H]1CC[C@H](Oc2nccc3ccc(Br)cc23)CN1C(=O)c1ccccc1-n1nccn1. The van der Waals surface area contributed by atoms with Crippen LogP contribution in [0, 0.1) is 0 Å². The number of likely N-dealkylation sites (tertiary alicyclic amines) is 1. The van der Waals surface area contributed by atoms with Crippen molar-refractivity contribution in [1.29, 1.82) is 0 Å². The van der Waals surface area contributed by atoms with E-state index in [9.17, 15) is 4.79 Å². The summed E-state index contributed by atoms with van der Waals surface area (Å²) in [6.07, 6.45) is 6.54. The number of amides is 1. The first-order valence-corrected chi connectivity index (χ1v) is 11.4. The molecule has 2 atom stereocenters. The third-order valence-electron chi connectivity index (χ3n) is 5.84. The Kier molecular flexibility index (Phi) is 5.61. The Morgan fingerprint density at radius 3 is 2.72 bits per heavy atom. The zero-order valence-corrected chi connectivity index (χ0v) is 19.1. The monoisotopic (exact) mass is 491 g/mol. The minimum atomic E-state index is -0.137. The lowest BCUT2D eigenvalue weighted by Crippen LogP contribution is -2.49. The topological polar surface area (TPSA) is 73.1 Å². The van der Waals surface area contributed by atoms with E-state index in [1.807, 2.05) is 53.4 Å². The Labute approximate surface area is 194 Å². The zero-order valence-electron chi connectivity index (χ0n) is 17.6. The first-order valence-electron chi connectivity index (χ1n) is 10.6. The third-order valence-corrected chi connectivity index (χ3v) is 6.33. The molecule has 1 aliphatic rings. The van der Waals surface area contributed by atoms with Gasteiger partial charge in [-0.2, -0.15) is 15.0 Å². The number of hydrogen-bond acceptors (Lipinski definition) is 5. The van der Waals surface area contributed by atoms with Gasteiger partial charge in [-0.25, -0.2) is 4.98 Å². The van der Waals surface area contributed by atoms with Gasteiger partial charge in [0.15, 0.2) is 0 Å². The summed E-state index contributed by atoms with van der Waals surface area (Å²) >= 11 is 3.53. The van der Waals surface area contributed by atoms with E-state index >= 15 is 0 Å². The molecular formula is C24H22BrN5O2. The number of halogens is 1. The Balaban J connectivity index is 1.40. The molecule has 7 nitrogen and oxygen atoms in total. The van der Waals surface area contributed by atoms with Crippen molar-refractivity contribution in [3.05, 3.63) is 77.2 Å². The number of piperidine rings is 1. The van der Waals surface area contributed by atoms with Crippen molar-refractivity contribution in [2.45, 2.75) is 31.9 Å². The molecule has 4 aromatic rings. The number of hydrogen-bond donors (Lipinski definition) is 0. The summed E-state index contributed by atoms with van der Waals surface area (Å²) in [6.45, 7) is 2.57. The average Bonchev–Trinajstić information content (AvgIpc) is 3.35. The van der Waals surface area contributed by atoms with Crippen LogP contribution in [0.3, 0.4) is 0 Å². The molecule has 3 heterocycles.